The highest BCUT2D eigenvalue weighted by Crippen LogP contribution is 2.29. The molecule has 0 N–H and O–H groups in total. The zero-order chi connectivity index (χ0) is 11.1. The molecule has 1 rings (SSSR count). The van der Waals surface area contributed by atoms with Crippen molar-refractivity contribution in [2.75, 3.05) is 25.7 Å². The van der Waals surface area contributed by atoms with Crippen molar-refractivity contribution in [2.24, 2.45) is 0 Å². The Morgan fingerprint density at radius 2 is 2.20 bits per heavy atom. The molecule has 4 heteroatoms. The topological polar surface area (TPSA) is 18.5 Å². The van der Waals surface area contributed by atoms with Crippen LogP contribution in [0.1, 0.15) is 6.42 Å². The predicted molar refractivity (Wildman–Crippen MR) is 69.2 cm³/mol. The summed E-state index contributed by atoms with van der Waals surface area (Å²) in [6.07, 6.45) is 3.17. The minimum atomic E-state index is 0.756. The van der Waals surface area contributed by atoms with Gasteiger partial charge in [-0.3, -0.25) is 0 Å². The average molecular weight is 291 g/mol. The number of thioether (sulfide) groups is 1. The maximum Gasteiger partial charge on any atom is 0.133 e. The molecule has 0 saturated heterocycles. The smallest absolute Gasteiger partial charge is 0.133 e. The molecule has 15 heavy (non-hydrogen) atoms. The third-order valence-corrected chi connectivity index (χ3v) is 3.21. The lowest BCUT2D eigenvalue weighted by Gasteiger charge is -2.08. The summed E-state index contributed by atoms with van der Waals surface area (Å²) in [7, 11) is 1.65. The lowest BCUT2D eigenvalue weighted by molar-refractivity contribution is 0.316. The molecule has 0 atom stereocenters. The Balaban J connectivity index is 2.47. The fraction of sp³-hybridized carbons (Fsp3) is 0.455. The number of ether oxygens (including phenoxy) is 2. The van der Waals surface area contributed by atoms with Gasteiger partial charge in [0.05, 0.1) is 18.2 Å². The molecule has 0 fully saturated rings. The summed E-state index contributed by atoms with van der Waals surface area (Å²) >= 11 is 5.28. The van der Waals surface area contributed by atoms with Crippen LogP contribution in [-0.4, -0.2) is 25.7 Å². The number of methoxy groups -OCH3 is 1. The maximum atomic E-state index is 5.62. The first-order chi connectivity index (χ1) is 7.27. The third-order valence-electron chi connectivity index (χ3n) is 1.89. The van der Waals surface area contributed by atoms with Gasteiger partial charge in [0.15, 0.2) is 0 Å². The van der Waals surface area contributed by atoms with Gasteiger partial charge in [-0.25, -0.2) is 0 Å². The van der Waals surface area contributed by atoms with E-state index in [9.17, 15) is 0 Å². The minimum absolute atomic E-state index is 0.756. The summed E-state index contributed by atoms with van der Waals surface area (Å²) in [6, 6.07) is 5.72. The Hall–Kier alpha value is -0.350. The lowest BCUT2D eigenvalue weighted by Crippen LogP contribution is -1.99. The first-order valence-corrected chi connectivity index (χ1v) is 6.92. The van der Waals surface area contributed by atoms with E-state index in [-0.39, 0.29) is 0 Å². The number of rotatable bonds is 6. The van der Waals surface area contributed by atoms with Crippen molar-refractivity contribution >= 4 is 27.7 Å². The fourth-order valence-electron chi connectivity index (χ4n) is 1.11. The second-order valence-corrected chi connectivity index (χ2v) is 4.83. The molecule has 1 aromatic carbocycles. The first kappa shape index (κ1) is 12.7. The van der Waals surface area contributed by atoms with Gasteiger partial charge in [-0.15, -0.1) is 0 Å². The largest absolute Gasteiger partial charge is 0.497 e. The number of halogens is 1. The highest BCUT2D eigenvalue weighted by molar-refractivity contribution is 9.10. The van der Waals surface area contributed by atoms with Crippen LogP contribution in [0.4, 0.5) is 0 Å². The Morgan fingerprint density at radius 3 is 2.80 bits per heavy atom. The summed E-state index contributed by atoms with van der Waals surface area (Å²) in [5.41, 5.74) is 0. The molecule has 0 amide bonds. The quantitative estimate of drug-likeness (QED) is 0.746. The highest BCUT2D eigenvalue weighted by atomic mass is 79.9. The van der Waals surface area contributed by atoms with E-state index in [2.05, 4.69) is 22.2 Å². The summed E-state index contributed by atoms with van der Waals surface area (Å²) in [5.74, 6) is 2.84. The molecule has 0 saturated carbocycles. The standard InChI is InChI=1S/C11H15BrO2S/c1-13-9-4-5-11(10(12)8-9)14-6-3-7-15-2/h4-5,8H,3,6-7H2,1-2H3. The van der Waals surface area contributed by atoms with Crippen molar-refractivity contribution in [1.82, 2.24) is 0 Å². The van der Waals surface area contributed by atoms with Crippen molar-refractivity contribution < 1.29 is 9.47 Å². The van der Waals surface area contributed by atoms with Crippen LogP contribution in [0.5, 0.6) is 11.5 Å². The third kappa shape index (κ3) is 4.34. The van der Waals surface area contributed by atoms with Crippen molar-refractivity contribution in [1.29, 1.82) is 0 Å². The fourth-order valence-corrected chi connectivity index (χ4v) is 1.99. The van der Waals surface area contributed by atoms with Gasteiger partial charge in [0.1, 0.15) is 11.5 Å². The van der Waals surface area contributed by atoms with Crippen LogP contribution in [0, 0.1) is 0 Å². The molecule has 0 aliphatic carbocycles. The molecule has 84 valence electrons. The Bertz CT molecular complexity index is 305. The molecule has 1 aromatic rings. The zero-order valence-electron chi connectivity index (χ0n) is 8.96. The number of benzene rings is 1. The van der Waals surface area contributed by atoms with Gasteiger partial charge < -0.3 is 9.47 Å². The molecule has 0 heterocycles. The van der Waals surface area contributed by atoms with Crippen molar-refractivity contribution in [3.05, 3.63) is 22.7 Å². The van der Waals surface area contributed by atoms with Gasteiger partial charge in [0.2, 0.25) is 0 Å². The van der Waals surface area contributed by atoms with Crippen LogP contribution in [0.15, 0.2) is 22.7 Å². The van der Waals surface area contributed by atoms with Crippen molar-refractivity contribution in [2.45, 2.75) is 6.42 Å². The normalized spacial score (nSPS) is 10.1. The van der Waals surface area contributed by atoms with Crippen LogP contribution in [0.2, 0.25) is 0 Å². The Kier molecular flexibility index (Phi) is 5.95. The van der Waals surface area contributed by atoms with Crippen LogP contribution >= 0.6 is 27.7 Å². The first-order valence-electron chi connectivity index (χ1n) is 4.73. The van der Waals surface area contributed by atoms with Gasteiger partial charge in [-0.05, 0) is 52.6 Å². The minimum Gasteiger partial charge on any atom is -0.497 e. The molecule has 0 spiro atoms. The monoisotopic (exact) mass is 290 g/mol. The molecule has 0 aromatic heterocycles. The van der Waals surface area contributed by atoms with Gasteiger partial charge >= 0.3 is 0 Å². The molecular formula is C11H15BrO2S. The van der Waals surface area contributed by atoms with E-state index in [0.29, 0.717) is 0 Å². The van der Waals surface area contributed by atoms with Crippen LogP contribution in [-0.2, 0) is 0 Å². The number of hydrogen-bond acceptors (Lipinski definition) is 3. The van der Waals surface area contributed by atoms with E-state index < -0.39 is 0 Å². The molecule has 0 aliphatic rings. The van der Waals surface area contributed by atoms with Gasteiger partial charge in [-0.1, -0.05) is 0 Å². The maximum absolute atomic E-state index is 5.62. The second kappa shape index (κ2) is 7.01. The van der Waals surface area contributed by atoms with Gasteiger partial charge in [0, 0.05) is 0 Å². The lowest BCUT2D eigenvalue weighted by atomic mass is 10.3. The second-order valence-electron chi connectivity index (χ2n) is 2.99. The van der Waals surface area contributed by atoms with E-state index in [1.54, 1.807) is 7.11 Å². The Morgan fingerprint density at radius 1 is 1.40 bits per heavy atom. The predicted octanol–water partition coefficient (Wildman–Crippen LogP) is 3.59. The molecule has 0 radical (unpaired) electrons. The summed E-state index contributed by atoms with van der Waals surface area (Å²) in [6.45, 7) is 0.756. The van der Waals surface area contributed by atoms with Crippen molar-refractivity contribution in [3.8, 4) is 11.5 Å². The number of hydrogen-bond donors (Lipinski definition) is 0. The van der Waals surface area contributed by atoms with E-state index >= 15 is 0 Å². The van der Waals surface area contributed by atoms with E-state index in [4.69, 9.17) is 9.47 Å². The highest BCUT2D eigenvalue weighted by Gasteiger charge is 2.02. The summed E-state index contributed by atoms with van der Waals surface area (Å²) in [5, 5.41) is 0. The van der Waals surface area contributed by atoms with E-state index in [1.165, 1.54) is 0 Å². The van der Waals surface area contributed by atoms with E-state index in [0.717, 1.165) is 34.8 Å². The molecular weight excluding hydrogens is 276 g/mol. The molecule has 2 nitrogen and oxygen atoms in total. The Labute approximate surface area is 103 Å². The van der Waals surface area contributed by atoms with Crippen LogP contribution in [0.25, 0.3) is 0 Å². The van der Waals surface area contributed by atoms with Crippen LogP contribution in [0.3, 0.4) is 0 Å². The van der Waals surface area contributed by atoms with Crippen molar-refractivity contribution in [3.63, 3.8) is 0 Å². The summed E-state index contributed by atoms with van der Waals surface area (Å²) < 4.78 is 11.7. The SMILES string of the molecule is COc1ccc(OCCCSC)c(Br)c1. The zero-order valence-corrected chi connectivity index (χ0v) is 11.4. The molecule has 0 unspecified atom stereocenters. The van der Waals surface area contributed by atoms with Crippen LogP contribution < -0.4 is 9.47 Å². The molecule has 0 bridgehead atoms. The molecule has 0 aliphatic heterocycles. The van der Waals surface area contributed by atoms with E-state index in [1.807, 2.05) is 30.0 Å². The summed E-state index contributed by atoms with van der Waals surface area (Å²) in [4.78, 5) is 0. The van der Waals surface area contributed by atoms with Gasteiger partial charge in [0.25, 0.3) is 0 Å². The van der Waals surface area contributed by atoms with Gasteiger partial charge in [-0.2, -0.15) is 11.8 Å². The average Bonchev–Trinajstić information content (AvgIpc) is 2.26.